The van der Waals surface area contributed by atoms with Gasteiger partial charge in [0.1, 0.15) is 0 Å². The first-order valence-corrected chi connectivity index (χ1v) is 6.80. The normalized spacial score (nSPS) is 15.5. The number of hydrogen-bond acceptors (Lipinski definition) is 3. The molecule has 0 aromatic heterocycles. The highest BCUT2D eigenvalue weighted by Crippen LogP contribution is 2.24. The summed E-state index contributed by atoms with van der Waals surface area (Å²) in [5, 5.41) is 11.5. The number of hydrogen-bond donors (Lipinski definition) is 1. The first-order valence-electron chi connectivity index (χ1n) is 6.42. The molecule has 2 aromatic rings. The molecule has 4 nitrogen and oxygen atoms in total. The van der Waals surface area contributed by atoms with Crippen molar-refractivity contribution < 1.29 is 4.79 Å². The lowest BCUT2D eigenvalue weighted by atomic mass is 10.1. The number of benzene rings is 2. The van der Waals surface area contributed by atoms with Crippen LogP contribution >= 0.6 is 11.6 Å². The zero-order valence-electron chi connectivity index (χ0n) is 11.3. The van der Waals surface area contributed by atoms with Crippen molar-refractivity contribution in [3.05, 3.63) is 64.2 Å². The molecule has 1 N–H and O–H groups in total. The van der Waals surface area contributed by atoms with Crippen LogP contribution in [0.15, 0.2) is 52.7 Å². The van der Waals surface area contributed by atoms with Crippen molar-refractivity contribution in [3.8, 4) is 0 Å². The summed E-state index contributed by atoms with van der Waals surface area (Å²) in [5.41, 5.74) is 3.82. The van der Waals surface area contributed by atoms with Crippen molar-refractivity contribution in [3.63, 3.8) is 0 Å². The largest absolute Gasteiger partial charge is 0.320 e. The number of aryl methyl sites for hydroxylation is 1. The van der Waals surface area contributed by atoms with Gasteiger partial charge in [-0.1, -0.05) is 35.4 Å². The Kier molecular flexibility index (Phi) is 3.54. The van der Waals surface area contributed by atoms with Gasteiger partial charge in [0.2, 0.25) is 0 Å². The maximum absolute atomic E-state index is 11.9. The van der Waals surface area contributed by atoms with E-state index in [-0.39, 0.29) is 5.91 Å². The Labute approximate surface area is 127 Å². The van der Waals surface area contributed by atoms with E-state index in [1.807, 2.05) is 37.3 Å². The first-order chi connectivity index (χ1) is 10.1. The molecule has 0 bridgehead atoms. The summed E-state index contributed by atoms with van der Waals surface area (Å²) in [6, 6.07) is 12.9. The van der Waals surface area contributed by atoms with Gasteiger partial charge >= 0.3 is 0 Å². The lowest BCUT2D eigenvalue weighted by Crippen LogP contribution is -2.13. The van der Waals surface area contributed by atoms with Crippen LogP contribution in [0.25, 0.3) is 0 Å². The molecule has 0 fully saturated rings. The summed E-state index contributed by atoms with van der Waals surface area (Å²) in [6.07, 6.45) is 1.59. The highest BCUT2D eigenvalue weighted by Gasteiger charge is 2.25. The molecule has 1 amide bonds. The Balaban J connectivity index is 1.88. The van der Waals surface area contributed by atoms with Crippen LogP contribution in [-0.2, 0) is 4.79 Å². The SMILES string of the molecule is Cc1ccc2c(c1)/C(=N\N=C\c1ccc(Cl)cc1)C(=O)N2. The van der Waals surface area contributed by atoms with E-state index in [4.69, 9.17) is 11.6 Å². The molecule has 1 aliphatic rings. The highest BCUT2D eigenvalue weighted by molar-refractivity contribution is 6.53. The molecule has 2 aromatic carbocycles. The Morgan fingerprint density at radius 1 is 1.14 bits per heavy atom. The second kappa shape index (κ2) is 5.50. The van der Waals surface area contributed by atoms with Crippen molar-refractivity contribution in [1.29, 1.82) is 0 Å². The maximum Gasteiger partial charge on any atom is 0.276 e. The second-order valence-electron chi connectivity index (χ2n) is 4.75. The Bertz CT molecular complexity index is 764. The van der Waals surface area contributed by atoms with E-state index in [2.05, 4.69) is 15.5 Å². The predicted molar refractivity (Wildman–Crippen MR) is 85.4 cm³/mol. The lowest BCUT2D eigenvalue weighted by molar-refractivity contribution is -0.110. The van der Waals surface area contributed by atoms with E-state index in [9.17, 15) is 4.79 Å². The zero-order valence-corrected chi connectivity index (χ0v) is 12.1. The fourth-order valence-electron chi connectivity index (χ4n) is 2.07. The van der Waals surface area contributed by atoms with Crippen molar-refractivity contribution in [1.82, 2.24) is 0 Å². The van der Waals surface area contributed by atoms with Crippen LogP contribution in [0, 0.1) is 6.92 Å². The third-order valence-electron chi connectivity index (χ3n) is 3.13. The predicted octanol–water partition coefficient (Wildman–Crippen LogP) is 3.42. The third-order valence-corrected chi connectivity index (χ3v) is 3.38. The van der Waals surface area contributed by atoms with Gasteiger partial charge in [0.25, 0.3) is 5.91 Å². The van der Waals surface area contributed by atoms with Crippen LogP contribution in [0.4, 0.5) is 5.69 Å². The van der Waals surface area contributed by atoms with Crippen LogP contribution in [0.2, 0.25) is 5.02 Å². The lowest BCUT2D eigenvalue weighted by Gasteiger charge is -1.97. The number of halogens is 1. The van der Waals surface area contributed by atoms with Gasteiger partial charge in [0.05, 0.1) is 11.9 Å². The molecular weight excluding hydrogens is 286 g/mol. The van der Waals surface area contributed by atoms with Crippen LogP contribution in [0.1, 0.15) is 16.7 Å². The van der Waals surface area contributed by atoms with Gasteiger partial charge < -0.3 is 5.32 Å². The highest BCUT2D eigenvalue weighted by atomic mass is 35.5. The van der Waals surface area contributed by atoms with Crippen LogP contribution in [0.3, 0.4) is 0 Å². The summed E-state index contributed by atoms with van der Waals surface area (Å²) < 4.78 is 0. The molecule has 0 saturated carbocycles. The molecule has 21 heavy (non-hydrogen) atoms. The summed E-state index contributed by atoms with van der Waals surface area (Å²) >= 11 is 5.81. The van der Waals surface area contributed by atoms with E-state index < -0.39 is 0 Å². The number of carbonyl (C=O) groups is 1. The molecule has 1 heterocycles. The van der Waals surface area contributed by atoms with Crippen molar-refractivity contribution in [2.45, 2.75) is 6.92 Å². The van der Waals surface area contributed by atoms with Crippen LogP contribution in [-0.4, -0.2) is 17.8 Å². The molecule has 0 spiro atoms. The quantitative estimate of drug-likeness (QED) is 0.670. The van der Waals surface area contributed by atoms with Crippen molar-refractivity contribution in [2.75, 3.05) is 5.32 Å². The molecule has 104 valence electrons. The summed E-state index contributed by atoms with van der Waals surface area (Å²) in [4.78, 5) is 11.9. The first kappa shape index (κ1) is 13.5. The number of carbonyl (C=O) groups excluding carboxylic acids is 1. The standard InChI is InChI=1S/C16H12ClN3O/c1-10-2-7-14-13(8-10)15(16(21)19-14)20-18-9-11-3-5-12(17)6-4-11/h2-9H,1H3,(H,19,20,21)/b18-9+. The Morgan fingerprint density at radius 2 is 1.90 bits per heavy atom. The maximum atomic E-state index is 11.9. The smallest absolute Gasteiger partial charge is 0.276 e. The Morgan fingerprint density at radius 3 is 2.67 bits per heavy atom. The van der Waals surface area contributed by atoms with Crippen LogP contribution in [0.5, 0.6) is 0 Å². The Hall–Kier alpha value is -2.46. The van der Waals surface area contributed by atoms with E-state index >= 15 is 0 Å². The second-order valence-corrected chi connectivity index (χ2v) is 5.18. The monoisotopic (exact) mass is 297 g/mol. The summed E-state index contributed by atoms with van der Waals surface area (Å²) in [6.45, 7) is 1.97. The van der Waals surface area contributed by atoms with Gasteiger partial charge in [-0.3, -0.25) is 4.79 Å². The van der Waals surface area contributed by atoms with Crippen LogP contribution < -0.4 is 5.32 Å². The third kappa shape index (κ3) is 2.85. The van der Waals surface area contributed by atoms with Crippen molar-refractivity contribution >= 4 is 35.1 Å². The van der Waals surface area contributed by atoms with E-state index in [1.165, 1.54) is 0 Å². The molecule has 5 heteroatoms. The van der Waals surface area contributed by atoms with Gasteiger partial charge in [0, 0.05) is 10.6 Å². The fourth-order valence-corrected chi connectivity index (χ4v) is 2.19. The number of fused-ring (bicyclic) bond motifs is 1. The number of nitrogens with one attached hydrogen (secondary N) is 1. The van der Waals surface area contributed by atoms with Gasteiger partial charge in [-0.15, -0.1) is 5.10 Å². The molecule has 0 radical (unpaired) electrons. The van der Waals surface area contributed by atoms with Gasteiger partial charge in [0.15, 0.2) is 5.71 Å². The van der Waals surface area contributed by atoms with Gasteiger partial charge in [-0.05, 0) is 36.8 Å². The molecular formula is C16H12ClN3O. The average Bonchev–Trinajstić information content (AvgIpc) is 2.77. The summed E-state index contributed by atoms with van der Waals surface area (Å²) in [7, 11) is 0. The van der Waals surface area contributed by atoms with Gasteiger partial charge in [-0.2, -0.15) is 5.10 Å². The number of rotatable bonds is 2. The molecule has 0 unspecified atom stereocenters. The van der Waals surface area contributed by atoms with E-state index in [0.717, 1.165) is 22.4 Å². The molecule has 0 atom stereocenters. The fraction of sp³-hybridized carbons (Fsp3) is 0.0625. The molecule has 1 aliphatic heterocycles. The van der Waals surface area contributed by atoms with E-state index in [0.29, 0.717) is 10.7 Å². The average molecular weight is 298 g/mol. The number of anilines is 1. The minimum atomic E-state index is -0.233. The summed E-state index contributed by atoms with van der Waals surface area (Å²) in [5.74, 6) is -0.233. The molecule has 0 aliphatic carbocycles. The topological polar surface area (TPSA) is 53.8 Å². The number of nitrogens with zero attached hydrogens (tertiary/aromatic N) is 2. The minimum Gasteiger partial charge on any atom is -0.320 e. The number of amides is 1. The van der Waals surface area contributed by atoms with Gasteiger partial charge in [-0.25, -0.2) is 0 Å². The van der Waals surface area contributed by atoms with E-state index in [1.54, 1.807) is 18.3 Å². The zero-order chi connectivity index (χ0) is 14.8. The van der Waals surface area contributed by atoms with Crippen molar-refractivity contribution in [2.24, 2.45) is 10.2 Å². The molecule has 0 saturated heterocycles. The minimum absolute atomic E-state index is 0.233. The molecule has 3 rings (SSSR count).